The third-order valence-electron chi connectivity index (χ3n) is 1.56. The lowest BCUT2D eigenvalue weighted by molar-refractivity contribution is -0.907. The maximum Gasteiger partial charge on any atom is 0.615 e. The Bertz CT molecular complexity index is 573. The second-order valence-corrected chi connectivity index (χ2v) is 2.65. The molecule has 0 N–H and O–H groups in total. The number of nitrogens with zero attached hydrogens (tertiary/aromatic N) is 8. The zero-order chi connectivity index (χ0) is 13.4. The number of hydrogen-bond acceptors (Lipinski definition) is 5. The van der Waals surface area contributed by atoms with Crippen molar-refractivity contribution in [3.8, 4) is 0 Å². The molecular weight excluding hydrogens is 268 g/mol. The number of hydrogen-bond donors (Lipinski definition) is 0. The van der Waals surface area contributed by atoms with E-state index in [0.29, 0.717) is 0 Å². The minimum atomic E-state index is -1.89. The van der Waals surface area contributed by atoms with Gasteiger partial charge < -0.3 is 10.5 Å². The van der Waals surface area contributed by atoms with E-state index >= 15 is 0 Å². The SMILES string of the molecule is O=C1N(F)N=C(c2nn(F)c(=O)[n+](F)n2)[N-]N1F. The molecule has 2 amide bonds. The van der Waals surface area contributed by atoms with Gasteiger partial charge in [-0.1, -0.05) is 8.96 Å². The van der Waals surface area contributed by atoms with Gasteiger partial charge in [-0.15, -0.1) is 10.5 Å². The third kappa shape index (κ3) is 1.78. The van der Waals surface area contributed by atoms with Gasteiger partial charge >= 0.3 is 11.7 Å². The monoisotopic (exact) mass is 268 g/mol. The molecule has 0 aliphatic carbocycles. The van der Waals surface area contributed by atoms with Crippen molar-refractivity contribution in [1.29, 1.82) is 0 Å². The molecule has 0 atom stereocenters. The summed E-state index contributed by atoms with van der Waals surface area (Å²) in [6.45, 7) is 0. The first kappa shape index (κ1) is 11.7. The van der Waals surface area contributed by atoms with Crippen molar-refractivity contribution in [1.82, 2.24) is 25.6 Å². The maximum atomic E-state index is 12.7. The fraction of sp³-hybridized carbons (Fsp3) is 0. The fourth-order valence-corrected chi connectivity index (χ4v) is 0.859. The predicted molar refractivity (Wildman–Crippen MR) is 40.7 cm³/mol. The van der Waals surface area contributed by atoms with Crippen LogP contribution in [0.2, 0.25) is 0 Å². The number of carbonyl (C=O) groups excluding carboxylic acids is 1. The molecule has 0 radical (unpaired) electrons. The molecule has 1 aliphatic heterocycles. The van der Waals surface area contributed by atoms with Crippen LogP contribution in [0.3, 0.4) is 0 Å². The lowest BCUT2D eigenvalue weighted by Gasteiger charge is -2.29. The van der Waals surface area contributed by atoms with Crippen LogP contribution < -0.4 is 10.6 Å². The highest BCUT2D eigenvalue weighted by Gasteiger charge is 2.25. The quantitative estimate of drug-likeness (QED) is 0.474. The van der Waals surface area contributed by atoms with E-state index in [1.165, 1.54) is 0 Å². The van der Waals surface area contributed by atoms with Crippen LogP contribution in [0.5, 0.6) is 0 Å². The highest BCUT2D eigenvalue weighted by atomic mass is 19.2. The van der Waals surface area contributed by atoms with Gasteiger partial charge in [0.25, 0.3) is 0 Å². The molecule has 14 heteroatoms. The van der Waals surface area contributed by atoms with Crippen LogP contribution >= 0.6 is 0 Å². The molecule has 0 aromatic carbocycles. The molecule has 96 valence electrons. The normalized spacial score (nSPS) is 15.6. The van der Waals surface area contributed by atoms with E-state index in [-0.39, 0.29) is 0 Å². The van der Waals surface area contributed by atoms with Crippen LogP contribution in [0.25, 0.3) is 5.43 Å². The smallest absolute Gasteiger partial charge is 0.334 e. The van der Waals surface area contributed by atoms with Crippen LogP contribution in [0.1, 0.15) is 5.82 Å². The topological polar surface area (TPSA) is 102 Å². The summed E-state index contributed by atoms with van der Waals surface area (Å²) in [6.07, 6.45) is 0. The molecule has 0 saturated heterocycles. The molecule has 0 saturated carbocycles. The van der Waals surface area contributed by atoms with Crippen LogP contribution in [0.4, 0.5) is 22.7 Å². The molecule has 0 fully saturated rings. The molecule has 1 aromatic heterocycles. The van der Waals surface area contributed by atoms with Crippen molar-refractivity contribution in [2.45, 2.75) is 0 Å². The van der Waals surface area contributed by atoms with Crippen molar-refractivity contribution in [2.75, 3.05) is 0 Å². The summed E-state index contributed by atoms with van der Waals surface area (Å²) in [5, 5.41) is 6.09. The minimum absolute atomic E-state index is 0.998. The minimum Gasteiger partial charge on any atom is -0.334 e. The molecule has 0 bridgehead atoms. The summed E-state index contributed by atoms with van der Waals surface area (Å²) < 4.78 is 50.7. The van der Waals surface area contributed by atoms with Crippen LogP contribution in [0, 0.1) is 0 Å². The first-order valence-electron chi connectivity index (χ1n) is 3.92. The Morgan fingerprint density at radius 2 is 1.89 bits per heavy atom. The van der Waals surface area contributed by atoms with E-state index in [1.807, 2.05) is 0 Å². The number of amides is 2. The molecule has 2 heterocycles. The Hall–Kier alpha value is -2.80. The van der Waals surface area contributed by atoms with Crippen molar-refractivity contribution in [2.24, 2.45) is 5.10 Å². The van der Waals surface area contributed by atoms with Gasteiger partial charge in [0.2, 0.25) is 5.82 Å². The van der Waals surface area contributed by atoms with Crippen molar-refractivity contribution in [3.63, 3.8) is 0 Å². The standard InChI is InChI=1S/C4F4N8O2/c5-13-3(17)14(6)10-1(9-13)2-11-15(7)4(18)16(8)12-2. The molecular formula is C4F4N8O2. The van der Waals surface area contributed by atoms with Gasteiger partial charge in [-0.05, 0) is 10.2 Å². The second kappa shape index (κ2) is 3.90. The Kier molecular flexibility index (Phi) is 2.53. The summed E-state index contributed by atoms with van der Waals surface area (Å²) in [5.41, 5.74) is 0.806. The zero-order valence-corrected chi connectivity index (χ0v) is 7.91. The van der Waals surface area contributed by atoms with Gasteiger partial charge in [0.15, 0.2) is 0 Å². The number of amidine groups is 1. The van der Waals surface area contributed by atoms with E-state index in [0.717, 1.165) is 0 Å². The number of halogens is 4. The van der Waals surface area contributed by atoms with Crippen LogP contribution in [-0.2, 0) is 0 Å². The summed E-state index contributed by atoms with van der Waals surface area (Å²) >= 11 is 0. The molecule has 10 nitrogen and oxygen atoms in total. The number of aromatic nitrogens is 4. The maximum absolute atomic E-state index is 12.7. The van der Waals surface area contributed by atoms with Gasteiger partial charge in [-0.25, -0.2) is 4.79 Å². The Labute approximate surface area is 93.0 Å². The summed E-state index contributed by atoms with van der Waals surface area (Å²) in [4.78, 5) is 19.1. The molecule has 18 heavy (non-hydrogen) atoms. The second-order valence-electron chi connectivity index (χ2n) is 2.65. The van der Waals surface area contributed by atoms with Gasteiger partial charge in [0.05, 0.1) is 0 Å². The third-order valence-corrected chi connectivity index (χ3v) is 1.56. The zero-order valence-electron chi connectivity index (χ0n) is 7.91. The molecule has 0 unspecified atom stereocenters. The van der Waals surface area contributed by atoms with E-state index < -0.39 is 43.7 Å². The average Bonchev–Trinajstić information content (AvgIpc) is 2.31. The fourth-order valence-electron chi connectivity index (χ4n) is 0.859. The lowest BCUT2D eigenvalue weighted by Crippen LogP contribution is -2.52. The Morgan fingerprint density at radius 1 is 1.22 bits per heavy atom. The number of rotatable bonds is 1. The van der Waals surface area contributed by atoms with Crippen LogP contribution in [0.15, 0.2) is 9.90 Å². The highest BCUT2D eigenvalue weighted by Crippen LogP contribution is 2.16. The summed E-state index contributed by atoms with van der Waals surface area (Å²) in [6, 6.07) is -1.89. The van der Waals surface area contributed by atoms with E-state index in [2.05, 4.69) is 20.7 Å². The van der Waals surface area contributed by atoms with Gasteiger partial charge in [-0.3, -0.25) is 0 Å². The average molecular weight is 268 g/mol. The Morgan fingerprint density at radius 3 is 2.44 bits per heavy atom. The van der Waals surface area contributed by atoms with E-state index in [1.54, 1.807) is 0 Å². The largest absolute Gasteiger partial charge is 0.615 e. The van der Waals surface area contributed by atoms with Crippen LogP contribution in [-0.4, -0.2) is 37.4 Å². The van der Waals surface area contributed by atoms with Gasteiger partial charge in [-0.2, -0.15) is 4.79 Å². The molecule has 1 aromatic rings. The van der Waals surface area contributed by atoms with Gasteiger partial charge in [0.1, 0.15) is 9.81 Å². The first-order chi connectivity index (χ1) is 8.40. The lowest BCUT2D eigenvalue weighted by atomic mass is 10.5. The molecule has 2 rings (SSSR count). The summed E-state index contributed by atoms with van der Waals surface area (Å²) in [5.74, 6) is -2.14. The van der Waals surface area contributed by atoms with Crippen molar-refractivity contribution < 1.29 is 27.6 Å². The molecule has 0 spiro atoms. The summed E-state index contributed by atoms with van der Waals surface area (Å²) in [7, 11) is 0. The van der Waals surface area contributed by atoms with E-state index in [9.17, 15) is 27.5 Å². The number of carbonyl (C=O) groups is 1. The van der Waals surface area contributed by atoms with Crippen molar-refractivity contribution in [3.05, 3.63) is 21.7 Å². The predicted octanol–water partition coefficient (Wildman–Crippen LogP) is -1.15. The molecule has 1 aliphatic rings. The highest BCUT2D eigenvalue weighted by molar-refractivity contribution is 6.07. The van der Waals surface area contributed by atoms with Gasteiger partial charge in [0, 0.05) is 14.8 Å². The Balaban J connectivity index is 2.47. The van der Waals surface area contributed by atoms with Crippen molar-refractivity contribution >= 4 is 11.9 Å². The number of urea groups is 1. The first-order valence-corrected chi connectivity index (χ1v) is 3.92. The van der Waals surface area contributed by atoms with E-state index in [4.69, 9.17) is 0 Å². The number of hydrazone groups is 1.